The van der Waals surface area contributed by atoms with Crippen molar-refractivity contribution in [3.63, 3.8) is 0 Å². The molecule has 0 amide bonds. The minimum absolute atomic E-state index is 0.182. The van der Waals surface area contributed by atoms with Gasteiger partial charge in [-0.3, -0.25) is 0 Å². The van der Waals surface area contributed by atoms with E-state index in [4.69, 9.17) is 0 Å². The zero-order valence-corrected chi connectivity index (χ0v) is 8.70. The highest BCUT2D eigenvalue weighted by molar-refractivity contribution is 5.71. The Bertz CT molecular complexity index is 450. The van der Waals surface area contributed by atoms with Gasteiger partial charge in [0.15, 0.2) is 0 Å². The van der Waals surface area contributed by atoms with Crippen molar-refractivity contribution in [2.45, 2.75) is 13.3 Å². The molecule has 0 nitrogen and oxygen atoms in total. The molecular formula is C14H13F. The fourth-order valence-electron chi connectivity index (χ4n) is 1.74. The summed E-state index contributed by atoms with van der Waals surface area (Å²) in [4.78, 5) is 0. The lowest BCUT2D eigenvalue weighted by atomic mass is 9.98. The Morgan fingerprint density at radius 3 is 2.73 bits per heavy atom. The molecule has 1 aromatic carbocycles. The first kappa shape index (κ1) is 9.91. The van der Waals surface area contributed by atoms with Crippen molar-refractivity contribution in [3.05, 3.63) is 65.5 Å². The zero-order valence-electron chi connectivity index (χ0n) is 8.70. The number of allylic oxidation sites excluding steroid dienone is 6. The molecule has 2 rings (SSSR count). The van der Waals surface area contributed by atoms with Crippen molar-refractivity contribution < 1.29 is 4.39 Å². The first-order valence-electron chi connectivity index (χ1n) is 5.06. The molecule has 0 aliphatic heterocycles. The molecule has 1 heteroatoms. The standard InChI is InChI=1S/C14H13F/c1-11-5-2-3-8-14(11)12-6-4-7-13(15)10-9-12/h2-5,7-10H,6H2,1H3. The zero-order chi connectivity index (χ0) is 10.7. The molecule has 0 heterocycles. The molecule has 0 saturated carbocycles. The van der Waals surface area contributed by atoms with Crippen LogP contribution in [0.25, 0.3) is 5.57 Å². The molecule has 76 valence electrons. The molecule has 0 spiro atoms. The number of hydrogen-bond acceptors (Lipinski definition) is 0. The fourth-order valence-corrected chi connectivity index (χ4v) is 1.74. The van der Waals surface area contributed by atoms with E-state index in [0.717, 1.165) is 12.0 Å². The van der Waals surface area contributed by atoms with E-state index in [0.29, 0.717) is 0 Å². The van der Waals surface area contributed by atoms with Gasteiger partial charge in [-0.1, -0.05) is 36.4 Å². The van der Waals surface area contributed by atoms with Gasteiger partial charge in [-0.15, -0.1) is 0 Å². The number of rotatable bonds is 1. The van der Waals surface area contributed by atoms with Gasteiger partial charge < -0.3 is 0 Å². The minimum Gasteiger partial charge on any atom is -0.207 e. The topological polar surface area (TPSA) is 0 Å². The summed E-state index contributed by atoms with van der Waals surface area (Å²) < 4.78 is 13.0. The van der Waals surface area contributed by atoms with E-state index >= 15 is 0 Å². The van der Waals surface area contributed by atoms with Crippen LogP contribution >= 0.6 is 0 Å². The fraction of sp³-hybridized carbons (Fsp3) is 0.143. The summed E-state index contributed by atoms with van der Waals surface area (Å²) in [5.41, 5.74) is 3.60. The summed E-state index contributed by atoms with van der Waals surface area (Å²) in [5, 5.41) is 0. The van der Waals surface area contributed by atoms with Crippen LogP contribution in [0.1, 0.15) is 17.5 Å². The maximum absolute atomic E-state index is 13.0. The molecule has 1 aliphatic carbocycles. The van der Waals surface area contributed by atoms with Gasteiger partial charge in [-0.05, 0) is 42.2 Å². The smallest absolute Gasteiger partial charge is 0.122 e. The predicted molar refractivity (Wildman–Crippen MR) is 62.1 cm³/mol. The SMILES string of the molecule is Cc1ccccc1C1=CC=C(F)C=CC1. The lowest BCUT2D eigenvalue weighted by Crippen LogP contribution is -1.86. The average molecular weight is 200 g/mol. The van der Waals surface area contributed by atoms with Crippen molar-refractivity contribution >= 4 is 5.57 Å². The summed E-state index contributed by atoms with van der Waals surface area (Å²) in [6, 6.07) is 8.18. The number of hydrogen-bond donors (Lipinski definition) is 0. The predicted octanol–water partition coefficient (Wildman–Crippen LogP) is 4.19. The third-order valence-corrected chi connectivity index (χ3v) is 2.55. The quantitative estimate of drug-likeness (QED) is 0.637. The molecule has 0 N–H and O–H groups in total. The van der Waals surface area contributed by atoms with E-state index in [-0.39, 0.29) is 5.83 Å². The molecule has 1 aliphatic rings. The molecule has 0 fully saturated rings. The van der Waals surface area contributed by atoms with Crippen molar-refractivity contribution in [1.29, 1.82) is 0 Å². The number of benzene rings is 1. The van der Waals surface area contributed by atoms with E-state index in [1.165, 1.54) is 23.3 Å². The molecule has 0 radical (unpaired) electrons. The number of halogens is 1. The van der Waals surface area contributed by atoms with Crippen LogP contribution in [0, 0.1) is 6.92 Å². The lowest BCUT2D eigenvalue weighted by molar-refractivity contribution is 0.667. The highest BCUT2D eigenvalue weighted by Gasteiger charge is 2.04. The third-order valence-electron chi connectivity index (χ3n) is 2.55. The molecule has 0 unspecified atom stereocenters. The van der Waals surface area contributed by atoms with Gasteiger partial charge in [0.1, 0.15) is 5.83 Å². The summed E-state index contributed by atoms with van der Waals surface area (Å²) in [6.07, 6.45) is 7.54. The third kappa shape index (κ3) is 2.24. The van der Waals surface area contributed by atoms with Crippen LogP contribution in [0.4, 0.5) is 4.39 Å². The van der Waals surface area contributed by atoms with Crippen LogP contribution in [-0.2, 0) is 0 Å². The molecule has 0 aromatic heterocycles. The highest BCUT2D eigenvalue weighted by atomic mass is 19.1. The van der Waals surface area contributed by atoms with Crippen molar-refractivity contribution in [3.8, 4) is 0 Å². The minimum atomic E-state index is -0.182. The Morgan fingerprint density at radius 2 is 1.93 bits per heavy atom. The monoisotopic (exact) mass is 200 g/mol. The van der Waals surface area contributed by atoms with E-state index in [1.807, 2.05) is 24.3 Å². The van der Waals surface area contributed by atoms with Crippen molar-refractivity contribution in [2.75, 3.05) is 0 Å². The molecular weight excluding hydrogens is 187 g/mol. The molecule has 15 heavy (non-hydrogen) atoms. The lowest BCUT2D eigenvalue weighted by Gasteiger charge is -2.07. The van der Waals surface area contributed by atoms with Gasteiger partial charge in [-0.2, -0.15) is 0 Å². The second kappa shape index (κ2) is 4.26. The largest absolute Gasteiger partial charge is 0.207 e. The van der Waals surface area contributed by atoms with E-state index in [2.05, 4.69) is 19.1 Å². The van der Waals surface area contributed by atoms with Crippen LogP contribution in [0.15, 0.2) is 54.4 Å². The Morgan fingerprint density at radius 1 is 1.13 bits per heavy atom. The van der Waals surface area contributed by atoms with Crippen molar-refractivity contribution in [2.24, 2.45) is 0 Å². The Kier molecular flexibility index (Phi) is 2.82. The van der Waals surface area contributed by atoms with Gasteiger partial charge in [-0.25, -0.2) is 4.39 Å². The van der Waals surface area contributed by atoms with Gasteiger partial charge in [0.05, 0.1) is 0 Å². The van der Waals surface area contributed by atoms with Crippen molar-refractivity contribution in [1.82, 2.24) is 0 Å². The second-order valence-corrected chi connectivity index (χ2v) is 3.66. The first-order valence-corrected chi connectivity index (χ1v) is 5.06. The summed E-state index contributed by atoms with van der Waals surface area (Å²) in [5.74, 6) is -0.182. The van der Waals surface area contributed by atoms with Gasteiger partial charge >= 0.3 is 0 Å². The maximum Gasteiger partial charge on any atom is 0.122 e. The highest BCUT2D eigenvalue weighted by Crippen LogP contribution is 2.24. The van der Waals surface area contributed by atoms with Crippen LogP contribution < -0.4 is 0 Å². The van der Waals surface area contributed by atoms with Crippen LogP contribution in [0.3, 0.4) is 0 Å². The Hall–Kier alpha value is -1.63. The molecule has 0 atom stereocenters. The van der Waals surface area contributed by atoms with E-state index in [9.17, 15) is 4.39 Å². The summed E-state index contributed by atoms with van der Waals surface area (Å²) >= 11 is 0. The first-order chi connectivity index (χ1) is 7.27. The van der Waals surface area contributed by atoms with Gasteiger partial charge in [0.2, 0.25) is 0 Å². The van der Waals surface area contributed by atoms with Crippen LogP contribution in [0.2, 0.25) is 0 Å². The number of aryl methyl sites for hydroxylation is 1. The summed E-state index contributed by atoms with van der Waals surface area (Å²) in [6.45, 7) is 2.07. The Balaban J connectivity index is 2.41. The van der Waals surface area contributed by atoms with Gasteiger partial charge in [0.25, 0.3) is 0 Å². The van der Waals surface area contributed by atoms with Gasteiger partial charge in [0, 0.05) is 0 Å². The molecule has 1 aromatic rings. The maximum atomic E-state index is 13.0. The van der Waals surface area contributed by atoms with Crippen LogP contribution in [-0.4, -0.2) is 0 Å². The molecule has 0 bridgehead atoms. The summed E-state index contributed by atoms with van der Waals surface area (Å²) in [7, 11) is 0. The normalized spacial score (nSPS) is 15.6. The average Bonchev–Trinajstić information content (AvgIpc) is 2.44. The second-order valence-electron chi connectivity index (χ2n) is 3.66. The van der Waals surface area contributed by atoms with Crippen LogP contribution in [0.5, 0.6) is 0 Å². The Labute approximate surface area is 89.4 Å². The van der Waals surface area contributed by atoms with E-state index < -0.39 is 0 Å². The van der Waals surface area contributed by atoms with E-state index in [1.54, 1.807) is 0 Å². The molecule has 0 saturated heterocycles.